The Balaban J connectivity index is 1.98. The van der Waals surface area contributed by atoms with Crippen molar-refractivity contribution in [2.75, 3.05) is 32.6 Å². The van der Waals surface area contributed by atoms with Crippen LogP contribution in [0.15, 0.2) is 64.6 Å². The van der Waals surface area contributed by atoms with Gasteiger partial charge in [-0.2, -0.15) is 0 Å². The molecule has 1 saturated heterocycles. The molecule has 0 bridgehead atoms. The highest BCUT2D eigenvalue weighted by Crippen LogP contribution is 2.17. The van der Waals surface area contributed by atoms with E-state index in [0.29, 0.717) is 0 Å². The summed E-state index contributed by atoms with van der Waals surface area (Å²) in [7, 11) is 0. The van der Waals surface area contributed by atoms with Crippen molar-refractivity contribution < 1.29 is 4.74 Å². The fourth-order valence-electron chi connectivity index (χ4n) is 2.57. The first-order valence-electron chi connectivity index (χ1n) is 8.42. The summed E-state index contributed by atoms with van der Waals surface area (Å²) >= 11 is 1.65. The number of aryl methyl sites for hydroxylation is 1. The molecule has 0 atom stereocenters. The lowest BCUT2D eigenvalue weighted by molar-refractivity contribution is 0.0694. The molecule has 4 nitrogen and oxygen atoms in total. The lowest BCUT2D eigenvalue weighted by Gasteiger charge is -2.28. The number of ether oxygens (including phenoxy) is 1. The van der Waals surface area contributed by atoms with Gasteiger partial charge in [0, 0.05) is 18.7 Å². The number of aliphatic imine (C=N–C) groups is 2. The van der Waals surface area contributed by atoms with Gasteiger partial charge in [-0.1, -0.05) is 59.8 Å². The molecule has 2 aromatic carbocycles. The minimum atomic E-state index is 0.736. The highest BCUT2D eigenvalue weighted by atomic mass is 32.2. The van der Waals surface area contributed by atoms with Crippen molar-refractivity contribution in [1.82, 2.24) is 4.90 Å². The SMILES string of the molecule is CSC(=NC(=Nc1ccc(C)cc1)c1ccccc1)N1CCOCC1. The first kappa shape index (κ1) is 17.7. The lowest BCUT2D eigenvalue weighted by Crippen LogP contribution is -2.39. The summed E-state index contributed by atoms with van der Waals surface area (Å²) in [5, 5.41) is 0.984. The van der Waals surface area contributed by atoms with Crippen LogP contribution in [-0.2, 0) is 4.74 Å². The summed E-state index contributed by atoms with van der Waals surface area (Å²) in [6, 6.07) is 18.3. The zero-order valence-electron chi connectivity index (χ0n) is 14.7. The summed E-state index contributed by atoms with van der Waals surface area (Å²) in [4.78, 5) is 12.0. The Morgan fingerprint density at radius 3 is 2.32 bits per heavy atom. The van der Waals surface area contributed by atoms with Crippen LogP contribution in [0.2, 0.25) is 0 Å². The Labute approximate surface area is 153 Å². The van der Waals surface area contributed by atoms with E-state index >= 15 is 0 Å². The van der Waals surface area contributed by atoms with Gasteiger partial charge in [0.1, 0.15) is 0 Å². The fraction of sp³-hybridized carbons (Fsp3) is 0.300. The molecule has 0 spiro atoms. The monoisotopic (exact) mass is 353 g/mol. The minimum absolute atomic E-state index is 0.736. The van der Waals surface area contributed by atoms with Gasteiger partial charge in [-0.3, -0.25) is 0 Å². The van der Waals surface area contributed by atoms with Crippen molar-refractivity contribution >= 4 is 28.5 Å². The molecule has 0 saturated carbocycles. The summed E-state index contributed by atoms with van der Waals surface area (Å²) in [5.41, 5.74) is 3.15. The lowest BCUT2D eigenvalue weighted by atomic mass is 10.2. The molecule has 130 valence electrons. The Morgan fingerprint density at radius 1 is 1.00 bits per heavy atom. The van der Waals surface area contributed by atoms with E-state index in [1.54, 1.807) is 11.8 Å². The van der Waals surface area contributed by atoms with E-state index in [9.17, 15) is 0 Å². The average molecular weight is 353 g/mol. The summed E-state index contributed by atoms with van der Waals surface area (Å²) in [6.07, 6.45) is 2.06. The zero-order chi connectivity index (χ0) is 17.5. The van der Waals surface area contributed by atoms with Crippen LogP contribution in [-0.4, -0.2) is 48.5 Å². The van der Waals surface area contributed by atoms with Crippen molar-refractivity contribution in [3.63, 3.8) is 0 Å². The predicted molar refractivity (Wildman–Crippen MR) is 107 cm³/mol. The molecule has 0 radical (unpaired) electrons. The number of amidine groups is 2. The third kappa shape index (κ3) is 4.94. The maximum atomic E-state index is 5.45. The Kier molecular flexibility index (Phi) is 6.25. The largest absolute Gasteiger partial charge is 0.378 e. The maximum absolute atomic E-state index is 5.45. The van der Waals surface area contributed by atoms with Crippen LogP contribution in [0.4, 0.5) is 5.69 Å². The molecule has 5 heteroatoms. The van der Waals surface area contributed by atoms with E-state index in [2.05, 4.69) is 30.2 Å². The third-order valence-electron chi connectivity index (χ3n) is 3.97. The standard InChI is InChI=1S/C20H23N3OS/c1-16-8-10-18(11-9-16)21-19(17-6-4-3-5-7-17)22-20(25-2)23-12-14-24-15-13-23/h3-11H,12-15H2,1-2H3. The molecule has 0 amide bonds. The van der Waals surface area contributed by atoms with Gasteiger partial charge in [-0.05, 0) is 25.3 Å². The van der Waals surface area contributed by atoms with Crippen molar-refractivity contribution in [3.05, 3.63) is 65.7 Å². The van der Waals surface area contributed by atoms with E-state index in [0.717, 1.165) is 48.6 Å². The summed E-state index contributed by atoms with van der Waals surface area (Å²) in [5.74, 6) is 0.736. The van der Waals surface area contributed by atoms with Crippen LogP contribution < -0.4 is 0 Å². The molecule has 0 N–H and O–H groups in total. The van der Waals surface area contributed by atoms with Gasteiger partial charge >= 0.3 is 0 Å². The van der Waals surface area contributed by atoms with E-state index in [1.807, 2.05) is 42.5 Å². The second-order valence-corrected chi connectivity index (χ2v) is 6.61. The summed E-state index contributed by atoms with van der Waals surface area (Å²) in [6.45, 7) is 5.30. The van der Waals surface area contributed by atoms with Crippen LogP contribution in [0, 0.1) is 6.92 Å². The predicted octanol–water partition coefficient (Wildman–Crippen LogP) is 4.12. The highest BCUT2D eigenvalue weighted by molar-refractivity contribution is 8.13. The van der Waals surface area contributed by atoms with Crippen LogP contribution in [0.3, 0.4) is 0 Å². The maximum Gasteiger partial charge on any atom is 0.166 e. The van der Waals surface area contributed by atoms with E-state index in [-0.39, 0.29) is 0 Å². The molecule has 1 aliphatic heterocycles. The molecular weight excluding hydrogens is 330 g/mol. The second kappa shape index (κ2) is 8.83. The van der Waals surface area contributed by atoms with E-state index in [1.165, 1.54) is 5.56 Å². The molecule has 0 aliphatic carbocycles. The van der Waals surface area contributed by atoms with Gasteiger partial charge in [-0.15, -0.1) is 0 Å². The second-order valence-electron chi connectivity index (χ2n) is 5.83. The summed E-state index contributed by atoms with van der Waals surface area (Å²) < 4.78 is 5.45. The number of morpholine rings is 1. The molecule has 2 aromatic rings. The first-order chi connectivity index (χ1) is 12.3. The average Bonchev–Trinajstić information content (AvgIpc) is 2.68. The molecular formula is C20H23N3OS. The number of rotatable bonds is 2. The number of benzene rings is 2. The molecule has 1 heterocycles. The van der Waals surface area contributed by atoms with Crippen molar-refractivity contribution in [2.45, 2.75) is 6.92 Å². The van der Waals surface area contributed by atoms with Crippen molar-refractivity contribution in [2.24, 2.45) is 9.98 Å². The smallest absolute Gasteiger partial charge is 0.166 e. The van der Waals surface area contributed by atoms with Crippen LogP contribution >= 0.6 is 11.8 Å². The van der Waals surface area contributed by atoms with E-state index < -0.39 is 0 Å². The van der Waals surface area contributed by atoms with Gasteiger partial charge in [0.15, 0.2) is 11.0 Å². The molecule has 3 rings (SSSR count). The van der Waals surface area contributed by atoms with Crippen molar-refractivity contribution in [1.29, 1.82) is 0 Å². The topological polar surface area (TPSA) is 37.2 Å². The van der Waals surface area contributed by atoms with Gasteiger partial charge in [0.05, 0.1) is 18.9 Å². The fourth-order valence-corrected chi connectivity index (χ4v) is 3.19. The molecule has 0 unspecified atom stereocenters. The zero-order valence-corrected chi connectivity index (χ0v) is 15.5. The van der Waals surface area contributed by atoms with E-state index in [4.69, 9.17) is 14.7 Å². The molecule has 0 aromatic heterocycles. The number of hydrogen-bond acceptors (Lipinski definition) is 3. The van der Waals surface area contributed by atoms with Crippen molar-refractivity contribution in [3.8, 4) is 0 Å². The first-order valence-corrected chi connectivity index (χ1v) is 9.65. The quantitative estimate of drug-likeness (QED) is 0.602. The van der Waals surface area contributed by atoms with Crippen LogP contribution in [0.5, 0.6) is 0 Å². The highest BCUT2D eigenvalue weighted by Gasteiger charge is 2.16. The minimum Gasteiger partial charge on any atom is -0.378 e. The number of thioether (sulfide) groups is 1. The van der Waals surface area contributed by atoms with Crippen LogP contribution in [0.1, 0.15) is 11.1 Å². The Bertz CT molecular complexity index is 735. The Morgan fingerprint density at radius 2 is 1.68 bits per heavy atom. The van der Waals surface area contributed by atoms with Gasteiger partial charge in [0.25, 0.3) is 0 Å². The number of nitrogens with zero attached hydrogens (tertiary/aromatic N) is 3. The normalized spacial score (nSPS) is 16.2. The number of hydrogen-bond donors (Lipinski definition) is 0. The molecule has 1 fully saturated rings. The third-order valence-corrected chi connectivity index (χ3v) is 4.68. The molecule has 1 aliphatic rings. The van der Waals surface area contributed by atoms with Gasteiger partial charge in [0.2, 0.25) is 0 Å². The Hall–Kier alpha value is -2.11. The molecule has 25 heavy (non-hydrogen) atoms. The van der Waals surface area contributed by atoms with Crippen LogP contribution in [0.25, 0.3) is 0 Å². The van der Waals surface area contributed by atoms with Gasteiger partial charge < -0.3 is 9.64 Å². The van der Waals surface area contributed by atoms with Gasteiger partial charge in [-0.25, -0.2) is 9.98 Å².